The van der Waals surface area contributed by atoms with Crippen LogP contribution in [-0.4, -0.2) is 60.2 Å². The molecule has 0 radical (unpaired) electrons. The zero-order valence-electron chi connectivity index (χ0n) is 35.1. The fourth-order valence-electron chi connectivity index (χ4n) is 8.66. The van der Waals surface area contributed by atoms with Gasteiger partial charge in [0.2, 0.25) is 0 Å². The van der Waals surface area contributed by atoms with E-state index < -0.39 is 32.3 Å². The second-order valence-electron chi connectivity index (χ2n) is 16.5. The van der Waals surface area contributed by atoms with Gasteiger partial charge in [0.15, 0.2) is 16.8 Å². The Labute approximate surface area is 331 Å². The fraction of sp³-hybridized carbons (Fsp3) is 0.581. The molecule has 1 atom stereocenters. The van der Waals surface area contributed by atoms with Crippen molar-refractivity contribution in [2.45, 2.75) is 132 Å². The van der Waals surface area contributed by atoms with Crippen molar-refractivity contribution in [3.8, 4) is 0 Å². The lowest BCUT2D eigenvalue weighted by Gasteiger charge is -2.37. The number of amides is 2. The van der Waals surface area contributed by atoms with Gasteiger partial charge in [-0.1, -0.05) is 26.0 Å². The Balaban J connectivity index is 0.000000220. The molecule has 0 saturated heterocycles. The molecule has 2 saturated carbocycles. The van der Waals surface area contributed by atoms with Crippen LogP contribution < -0.4 is 10.6 Å². The van der Waals surface area contributed by atoms with Gasteiger partial charge in [0.25, 0.3) is 11.8 Å². The Morgan fingerprint density at radius 2 is 1.05 bits per heavy atom. The predicted molar refractivity (Wildman–Crippen MR) is 221 cm³/mol. The van der Waals surface area contributed by atoms with Crippen molar-refractivity contribution in [3.63, 3.8) is 0 Å². The fourth-order valence-corrected chi connectivity index (χ4v) is 9.20. The van der Waals surface area contributed by atoms with E-state index in [0.29, 0.717) is 35.8 Å². The molecule has 0 bridgehead atoms. The average Bonchev–Trinajstić information content (AvgIpc) is 3.49. The minimum atomic E-state index is -3.75. The third-order valence-electron chi connectivity index (χ3n) is 12.4. The molecule has 2 aliphatic carbocycles. The van der Waals surface area contributed by atoms with E-state index in [4.69, 9.17) is 4.18 Å². The Bertz CT molecular complexity index is 2050. The zero-order valence-corrected chi connectivity index (χ0v) is 36.7. The maximum absolute atomic E-state index is 13.1. The topological polar surface area (TPSA) is 148 Å². The van der Waals surface area contributed by atoms with Crippen LogP contribution in [0.5, 0.6) is 0 Å². The lowest BCUT2D eigenvalue weighted by molar-refractivity contribution is -0.117. The minimum Gasteiger partial charge on any atom is -0.509 e. The van der Waals surface area contributed by atoms with Gasteiger partial charge in [-0.3, -0.25) is 13.8 Å². The minimum absolute atomic E-state index is 0.119. The molecule has 2 aromatic carbocycles. The van der Waals surface area contributed by atoms with Crippen LogP contribution in [0.4, 0.5) is 0 Å². The Morgan fingerprint density at radius 1 is 0.691 bits per heavy atom. The molecule has 1 unspecified atom stereocenters. The second kappa shape index (κ2) is 16.9. The maximum Gasteiger partial charge on any atom is 0.306 e. The van der Waals surface area contributed by atoms with Gasteiger partial charge in [0, 0.05) is 6.26 Å². The van der Waals surface area contributed by atoms with Gasteiger partial charge in [-0.05, 0) is 174 Å². The smallest absolute Gasteiger partial charge is 0.306 e. The molecular formula is C43H62N2O8S2. The van der Waals surface area contributed by atoms with E-state index in [9.17, 15) is 27.3 Å². The van der Waals surface area contributed by atoms with Crippen LogP contribution in [0.3, 0.4) is 0 Å². The lowest BCUT2D eigenvalue weighted by atomic mass is 9.76. The third-order valence-corrected chi connectivity index (χ3v) is 13.4. The first-order valence-corrected chi connectivity index (χ1v) is 22.6. The number of rotatable bonds is 5. The predicted octanol–water partition coefficient (Wildman–Crippen LogP) is 7.88. The van der Waals surface area contributed by atoms with E-state index in [0.717, 1.165) is 89.3 Å². The highest BCUT2D eigenvalue weighted by atomic mass is 32.2. The summed E-state index contributed by atoms with van der Waals surface area (Å²) in [4.78, 5) is 25.8. The third kappa shape index (κ3) is 9.23. The zero-order chi connectivity index (χ0) is 41.4. The molecule has 2 heterocycles. The summed E-state index contributed by atoms with van der Waals surface area (Å²) in [6.07, 6.45) is 9.50. The number of carbonyl (C=O) groups is 2. The SMILES string of the molecule is COS(C)=O.Cc1cc(C)c(C2=C(O)C3(CCC(C)CC3)NC2=O)c(C)c1C.Cc1cc(C)c(C2=C(OS(C)(=O)=O)C3(CCC(C)CC3)NC2=O)c(C)c1C. The highest BCUT2D eigenvalue weighted by Crippen LogP contribution is 2.47. The van der Waals surface area contributed by atoms with Crippen molar-refractivity contribution in [1.29, 1.82) is 0 Å². The van der Waals surface area contributed by atoms with Gasteiger partial charge in [0.1, 0.15) is 11.3 Å². The summed E-state index contributed by atoms with van der Waals surface area (Å²) < 4.78 is 43.5. The largest absolute Gasteiger partial charge is 0.509 e. The molecule has 2 amide bonds. The van der Waals surface area contributed by atoms with E-state index >= 15 is 0 Å². The summed E-state index contributed by atoms with van der Waals surface area (Å²) in [6.45, 7) is 20.7. The van der Waals surface area contributed by atoms with Crippen molar-refractivity contribution >= 4 is 44.2 Å². The molecule has 0 aromatic heterocycles. The molecule has 10 nitrogen and oxygen atoms in total. The van der Waals surface area contributed by atoms with Crippen LogP contribution in [0, 0.1) is 67.2 Å². The van der Waals surface area contributed by atoms with E-state index in [2.05, 4.69) is 48.6 Å². The Hall–Kier alpha value is -3.48. The number of aryl methyl sites for hydroxylation is 4. The van der Waals surface area contributed by atoms with Gasteiger partial charge in [-0.25, -0.2) is 4.21 Å². The van der Waals surface area contributed by atoms with Crippen molar-refractivity contribution in [2.75, 3.05) is 19.6 Å². The van der Waals surface area contributed by atoms with Crippen LogP contribution >= 0.6 is 0 Å². The van der Waals surface area contributed by atoms with Crippen molar-refractivity contribution in [3.05, 3.63) is 79.3 Å². The number of aliphatic hydroxyl groups is 1. The second-order valence-corrected chi connectivity index (χ2v) is 19.2. The van der Waals surface area contributed by atoms with Crippen molar-refractivity contribution in [1.82, 2.24) is 10.6 Å². The average molecular weight is 799 g/mol. The molecule has 2 aliphatic heterocycles. The summed E-state index contributed by atoms with van der Waals surface area (Å²) in [5.41, 5.74) is 10.1. The van der Waals surface area contributed by atoms with Gasteiger partial charge in [0.05, 0.1) is 30.1 Å². The summed E-state index contributed by atoms with van der Waals surface area (Å²) >= 11 is -1.07. The van der Waals surface area contributed by atoms with Gasteiger partial charge in [-0.15, -0.1) is 0 Å². The quantitative estimate of drug-likeness (QED) is 0.259. The maximum atomic E-state index is 13.1. The standard InChI is InChI=1S/C21H29NO4S.C20H27NO2.C2H6O2S/c1-12-7-9-21(10-8-12)19(26-27(6,24)25)18(20(23)22-21)17-14(3)11-13(2)15(4)16(17)5;1-11-6-8-20(9-7-11)18(22)17(19(23)21-20)16-13(3)10-12(2)14(4)15(16)5;1-4-5(2)3/h11-12H,7-10H2,1-6H3,(H,22,23);10-11,22H,6-9H2,1-5H3,(H,21,23);1-2H3. The first kappa shape index (κ1) is 44.2. The molecule has 3 N–H and O–H groups in total. The van der Waals surface area contributed by atoms with Crippen LogP contribution in [-0.2, 0) is 39.2 Å². The molecule has 6 rings (SSSR count). The molecule has 2 aromatic rings. The molecule has 2 spiro atoms. The van der Waals surface area contributed by atoms with Gasteiger partial charge in [-0.2, -0.15) is 8.42 Å². The Kier molecular flexibility index (Phi) is 13.6. The van der Waals surface area contributed by atoms with Crippen molar-refractivity contribution < 1.29 is 35.7 Å². The number of carbonyl (C=O) groups excluding carboxylic acids is 2. The normalized spacial score (nSPS) is 25.6. The number of aliphatic hydroxyl groups excluding tert-OH is 1. The number of hydrogen-bond acceptors (Lipinski definition) is 8. The van der Waals surface area contributed by atoms with Crippen molar-refractivity contribution in [2.24, 2.45) is 11.8 Å². The highest BCUT2D eigenvalue weighted by Gasteiger charge is 2.51. The summed E-state index contributed by atoms with van der Waals surface area (Å²) in [5.74, 6) is 1.42. The summed E-state index contributed by atoms with van der Waals surface area (Å²) in [7, 11) is -2.36. The molecule has 304 valence electrons. The molecular weight excluding hydrogens is 737 g/mol. The van der Waals surface area contributed by atoms with Crippen LogP contribution in [0.25, 0.3) is 11.1 Å². The van der Waals surface area contributed by atoms with Crippen LogP contribution in [0.15, 0.2) is 23.7 Å². The number of benzene rings is 2. The summed E-state index contributed by atoms with van der Waals surface area (Å²) in [5, 5.41) is 17.2. The number of hydrogen-bond donors (Lipinski definition) is 3. The highest BCUT2D eigenvalue weighted by molar-refractivity contribution is 7.86. The monoisotopic (exact) mass is 798 g/mol. The van der Waals surface area contributed by atoms with Crippen LogP contribution in [0.1, 0.15) is 121 Å². The molecule has 2 fully saturated rings. The number of nitrogens with one attached hydrogen (secondary N) is 2. The molecule has 55 heavy (non-hydrogen) atoms. The van der Waals surface area contributed by atoms with E-state index in [1.165, 1.54) is 24.5 Å². The summed E-state index contributed by atoms with van der Waals surface area (Å²) in [6, 6.07) is 4.16. The van der Waals surface area contributed by atoms with E-state index in [1.54, 1.807) is 0 Å². The van der Waals surface area contributed by atoms with Gasteiger partial charge >= 0.3 is 10.1 Å². The Morgan fingerprint density at radius 3 is 1.45 bits per heavy atom. The van der Waals surface area contributed by atoms with E-state index in [1.807, 2.05) is 47.6 Å². The first-order chi connectivity index (χ1) is 25.5. The van der Waals surface area contributed by atoms with Crippen LogP contribution in [0.2, 0.25) is 0 Å². The lowest BCUT2D eigenvalue weighted by Crippen LogP contribution is -2.47. The first-order valence-electron chi connectivity index (χ1n) is 19.3. The van der Waals surface area contributed by atoms with Gasteiger partial charge < -0.3 is 19.9 Å². The van der Waals surface area contributed by atoms with E-state index in [-0.39, 0.29) is 23.3 Å². The molecule has 12 heteroatoms. The molecule has 4 aliphatic rings.